The summed E-state index contributed by atoms with van der Waals surface area (Å²) in [6, 6.07) is 3.71. The number of ether oxygens (including phenoxy) is 1. The number of likely N-dealkylation sites (N-methyl/N-ethyl adjacent to an activating group) is 1. The van der Waals surface area contributed by atoms with Gasteiger partial charge in [0.05, 0.1) is 11.2 Å². The lowest BCUT2D eigenvalue weighted by atomic mass is 9.77. The second-order valence-electron chi connectivity index (χ2n) is 7.34. The number of hydrogen-bond donors (Lipinski definition) is 1. The number of aldehydes is 1. The van der Waals surface area contributed by atoms with Crippen LogP contribution in [0.25, 0.3) is 6.08 Å². The first-order valence-electron chi connectivity index (χ1n) is 8.43. The zero-order valence-corrected chi connectivity index (χ0v) is 15.9. The fourth-order valence-electron chi connectivity index (χ4n) is 2.60. The SMILES string of the molecule is CNCC(=Cc1cc(C=O)cc(OC(F)(F)F)c1)B1OC(C)(C)C(C)(C)O1. The fourth-order valence-corrected chi connectivity index (χ4v) is 2.60. The predicted molar refractivity (Wildman–Crippen MR) is 96.5 cm³/mol. The van der Waals surface area contributed by atoms with E-state index >= 15 is 0 Å². The van der Waals surface area contributed by atoms with Crippen LogP contribution in [0.2, 0.25) is 0 Å². The van der Waals surface area contributed by atoms with Gasteiger partial charge in [0, 0.05) is 12.1 Å². The molecule has 1 N–H and O–H groups in total. The van der Waals surface area contributed by atoms with Crippen molar-refractivity contribution in [1.82, 2.24) is 5.32 Å². The molecular formula is C18H23BF3NO4. The Bertz CT molecular complexity index is 716. The maximum absolute atomic E-state index is 12.5. The smallest absolute Gasteiger partial charge is 0.406 e. The Labute approximate surface area is 157 Å². The highest BCUT2D eigenvalue weighted by atomic mass is 19.4. The average molecular weight is 385 g/mol. The molecule has 0 spiro atoms. The van der Waals surface area contributed by atoms with Gasteiger partial charge in [-0.1, -0.05) is 6.08 Å². The largest absolute Gasteiger partial charge is 0.573 e. The lowest BCUT2D eigenvalue weighted by Crippen LogP contribution is -2.41. The number of carbonyl (C=O) groups excluding carboxylic acids is 1. The van der Waals surface area contributed by atoms with E-state index in [0.29, 0.717) is 23.9 Å². The van der Waals surface area contributed by atoms with Crippen LogP contribution in [0.3, 0.4) is 0 Å². The number of hydrogen-bond acceptors (Lipinski definition) is 5. The minimum atomic E-state index is -4.85. The fraction of sp³-hybridized carbons (Fsp3) is 0.500. The molecule has 1 heterocycles. The molecule has 0 saturated carbocycles. The quantitative estimate of drug-likeness (QED) is 0.599. The molecule has 0 radical (unpaired) electrons. The monoisotopic (exact) mass is 385 g/mol. The third-order valence-corrected chi connectivity index (χ3v) is 4.61. The van der Waals surface area contributed by atoms with Crippen LogP contribution in [0.1, 0.15) is 43.6 Å². The predicted octanol–water partition coefficient (Wildman–Crippen LogP) is 3.63. The van der Waals surface area contributed by atoms with E-state index < -0.39 is 30.4 Å². The van der Waals surface area contributed by atoms with E-state index in [-0.39, 0.29) is 5.56 Å². The summed E-state index contributed by atoms with van der Waals surface area (Å²) in [5.41, 5.74) is 0.0102. The van der Waals surface area contributed by atoms with Crippen molar-refractivity contribution < 1.29 is 32.0 Å². The number of nitrogens with one attached hydrogen (secondary N) is 1. The first kappa shape index (κ1) is 21.5. The van der Waals surface area contributed by atoms with Gasteiger partial charge in [-0.15, -0.1) is 13.2 Å². The summed E-state index contributed by atoms with van der Waals surface area (Å²) in [6.45, 7) is 8.02. The van der Waals surface area contributed by atoms with E-state index in [2.05, 4.69) is 10.1 Å². The molecule has 1 aliphatic rings. The molecular weight excluding hydrogens is 362 g/mol. The van der Waals surface area contributed by atoms with Gasteiger partial charge in [-0.2, -0.15) is 0 Å². The Balaban J connectivity index is 2.40. The van der Waals surface area contributed by atoms with E-state index in [9.17, 15) is 18.0 Å². The lowest BCUT2D eigenvalue weighted by Gasteiger charge is -2.32. The molecule has 148 valence electrons. The molecule has 1 saturated heterocycles. The van der Waals surface area contributed by atoms with Crippen LogP contribution in [0.15, 0.2) is 23.7 Å². The molecule has 0 unspecified atom stereocenters. The number of carbonyl (C=O) groups is 1. The molecule has 0 amide bonds. The van der Waals surface area contributed by atoms with Crippen LogP contribution < -0.4 is 10.1 Å². The van der Waals surface area contributed by atoms with Crippen LogP contribution in [-0.4, -0.2) is 44.6 Å². The molecule has 9 heteroatoms. The molecule has 1 aromatic rings. The summed E-state index contributed by atoms with van der Waals surface area (Å²) in [6.07, 6.45) is -2.75. The normalized spacial score (nSPS) is 19.3. The number of benzene rings is 1. The average Bonchev–Trinajstić information content (AvgIpc) is 2.73. The number of alkyl halides is 3. The molecule has 1 aliphatic heterocycles. The maximum atomic E-state index is 12.5. The third kappa shape index (κ3) is 5.34. The van der Waals surface area contributed by atoms with Gasteiger partial charge in [0.25, 0.3) is 0 Å². The van der Waals surface area contributed by atoms with Crippen LogP contribution in [-0.2, 0) is 9.31 Å². The van der Waals surface area contributed by atoms with Crippen molar-refractivity contribution in [1.29, 1.82) is 0 Å². The zero-order chi connectivity index (χ0) is 20.5. The highest BCUT2D eigenvalue weighted by Gasteiger charge is 2.52. The van der Waals surface area contributed by atoms with Crippen LogP contribution >= 0.6 is 0 Å². The molecule has 5 nitrogen and oxygen atoms in total. The summed E-state index contributed by atoms with van der Waals surface area (Å²) in [5.74, 6) is -0.462. The van der Waals surface area contributed by atoms with Crippen LogP contribution in [0.4, 0.5) is 13.2 Å². The van der Waals surface area contributed by atoms with Gasteiger partial charge in [-0.3, -0.25) is 4.79 Å². The van der Waals surface area contributed by atoms with Gasteiger partial charge in [0.15, 0.2) is 0 Å². The number of halogens is 3. The van der Waals surface area contributed by atoms with E-state index in [1.165, 1.54) is 12.1 Å². The van der Waals surface area contributed by atoms with Crippen molar-refractivity contribution in [2.24, 2.45) is 0 Å². The minimum absolute atomic E-state index is 0.0701. The summed E-state index contributed by atoms with van der Waals surface area (Å²) >= 11 is 0. The molecule has 1 aromatic carbocycles. The van der Waals surface area contributed by atoms with Crippen molar-refractivity contribution >= 4 is 19.5 Å². The van der Waals surface area contributed by atoms with Crippen molar-refractivity contribution in [2.45, 2.75) is 45.3 Å². The van der Waals surface area contributed by atoms with E-state index in [1.807, 2.05) is 27.7 Å². The third-order valence-electron chi connectivity index (χ3n) is 4.61. The maximum Gasteiger partial charge on any atom is 0.573 e. The van der Waals surface area contributed by atoms with Gasteiger partial charge >= 0.3 is 13.5 Å². The van der Waals surface area contributed by atoms with Crippen molar-refractivity contribution in [3.63, 3.8) is 0 Å². The number of rotatable bonds is 6. The summed E-state index contributed by atoms with van der Waals surface area (Å²) in [7, 11) is 1.06. The Hall–Kier alpha value is -1.84. The summed E-state index contributed by atoms with van der Waals surface area (Å²) < 4.78 is 53.6. The molecule has 1 fully saturated rings. The zero-order valence-electron chi connectivity index (χ0n) is 15.9. The van der Waals surface area contributed by atoms with Gasteiger partial charge in [-0.05, 0) is 64.0 Å². The van der Waals surface area contributed by atoms with E-state index in [0.717, 1.165) is 6.07 Å². The van der Waals surface area contributed by atoms with Crippen molar-refractivity contribution in [2.75, 3.05) is 13.6 Å². The molecule has 27 heavy (non-hydrogen) atoms. The van der Waals surface area contributed by atoms with Gasteiger partial charge < -0.3 is 19.4 Å². The second kappa shape index (κ2) is 7.65. The highest BCUT2D eigenvalue weighted by molar-refractivity contribution is 6.55. The lowest BCUT2D eigenvalue weighted by molar-refractivity contribution is -0.274. The van der Waals surface area contributed by atoms with Crippen molar-refractivity contribution in [3.8, 4) is 5.75 Å². The Morgan fingerprint density at radius 2 is 1.70 bits per heavy atom. The molecule has 0 aromatic heterocycles. The van der Waals surface area contributed by atoms with Gasteiger partial charge in [0.1, 0.15) is 12.0 Å². The standard InChI is InChI=1S/C18H23BF3NO4/c1-16(2)17(3,4)27-19(26-16)14(10-23-5)7-12-6-13(11-24)9-15(8-12)25-18(20,21)22/h6-9,11,23H,10H2,1-5H3. The van der Waals surface area contributed by atoms with Gasteiger partial charge in [-0.25, -0.2) is 0 Å². The van der Waals surface area contributed by atoms with Crippen molar-refractivity contribution in [3.05, 3.63) is 34.8 Å². The van der Waals surface area contributed by atoms with E-state index in [1.54, 1.807) is 13.1 Å². The van der Waals surface area contributed by atoms with Crippen LogP contribution in [0.5, 0.6) is 5.75 Å². The molecule has 0 bridgehead atoms. The van der Waals surface area contributed by atoms with Crippen LogP contribution in [0, 0.1) is 0 Å². The molecule has 0 aliphatic carbocycles. The highest BCUT2D eigenvalue weighted by Crippen LogP contribution is 2.39. The minimum Gasteiger partial charge on any atom is -0.406 e. The summed E-state index contributed by atoms with van der Waals surface area (Å²) in [4.78, 5) is 11.1. The Morgan fingerprint density at radius 1 is 1.15 bits per heavy atom. The molecule has 0 atom stereocenters. The van der Waals surface area contributed by atoms with E-state index in [4.69, 9.17) is 9.31 Å². The first-order valence-corrected chi connectivity index (χ1v) is 8.43. The first-order chi connectivity index (χ1) is 12.4. The summed E-state index contributed by atoms with van der Waals surface area (Å²) in [5, 5.41) is 2.99. The van der Waals surface area contributed by atoms with Gasteiger partial charge in [0.2, 0.25) is 0 Å². The second-order valence-corrected chi connectivity index (χ2v) is 7.34. The Kier molecular flexibility index (Phi) is 6.08. The Morgan fingerprint density at radius 3 is 2.19 bits per heavy atom. The topological polar surface area (TPSA) is 56.8 Å². The molecule has 2 rings (SSSR count).